The van der Waals surface area contributed by atoms with Crippen molar-refractivity contribution in [2.45, 2.75) is 82.5 Å². The van der Waals surface area contributed by atoms with Crippen molar-refractivity contribution in [3.05, 3.63) is 11.6 Å². The smallest absolute Gasteiger partial charge is 0.306 e. The van der Waals surface area contributed by atoms with E-state index in [9.17, 15) is 14.4 Å². The molecule has 0 bridgehead atoms. The SMILES string of the molecule is CC(=O)[C@@H]1CC2=CC(=O)CC[C@]2(C)C23O[C@@H]2CC2[C@@H](CC[C@@]24CCC(=O)O4)[C@H]13. The van der Waals surface area contributed by atoms with Crippen LogP contribution in [0.4, 0.5) is 0 Å². The summed E-state index contributed by atoms with van der Waals surface area (Å²) in [5.41, 5.74) is 0.376. The Bertz CT molecular complexity index is 844. The maximum absolute atomic E-state index is 12.8. The molecule has 3 saturated carbocycles. The zero-order valence-electron chi connectivity index (χ0n) is 16.7. The topological polar surface area (TPSA) is 73.0 Å². The summed E-state index contributed by atoms with van der Waals surface area (Å²) < 4.78 is 12.5. The third-order valence-corrected chi connectivity index (χ3v) is 9.52. The normalized spacial score (nSPS) is 53.6. The van der Waals surface area contributed by atoms with E-state index in [1.54, 1.807) is 6.92 Å². The summed E-state index contributed by atoms with van der Waals surface area (Å²) in [5.74, 6) is 1.11. The van der Waals surface area contributed by atoms with Crippen LogP contribution in [0.15, 0.2) is 11.6 Å². The van der Waals surface area contributed by atoms with Crippen LogP contribution < -0.4 is 0 Å². The van der Waals surface area contributed by atoms with Crippen LogP contribution >= 0.6 is 0 Å². The average Bonchev–Trinajstić information content (AvgIpc) is 3.13. The van der Waals surface area contributed by atoms with Crippen molar-refractivity contribution < 1.29 is 23.9 Å². The van der Waals surface area contributed by atoms with Crippen LogP contribution in [0.1, 0.15) is 65.2 Å². The van der Waals surface area contributed by atoms with E-state index in [-0.39, 0.29) is 52.1 Å². The lowest BCUT2D eigenvalue weighted by Gasteiger charge is -2.56. The minimum atomic E-state index is -0.319. The number of rotatable bonds is 1. The van der Waals surface area contributed by atoms with Gasteiger partial charge in [0, 0.05) is 36.0 Å². The van der Waals surface area contributed by atoms with Gasteiger partial charge in [-0.25, -0.2) is 0 Å². The summed E-state index contributed by atoms with van der Waals surface area (Å²) in [4.78, 5) is 36.9. The lowest BCUT2D eigenvalue weighted by atomic mass is 9.46. The number of esters is 1. The third kappa shape index (κ3) is 1.85. The van der Waals surface area contributed by atoms with Crippen molar-refractivity contribution in [2.75, 3.05) is 0 Å². The molecule has 2 spiro atoms. The first-order chi connectivity index (χ1) is 13.3. The molecule has 0 aromatic carbocycles. The second-order valence-corrected chi connectivity index (χ2v) is 10.4. The van der Waals surface area contributed by atoms with Gasteiger partial charge in [-0.3, -0.25) is 14.4 Å². The predicted molar refractivity (Wildman–Crippen MR) is 99.2 cm³/mol. The molecule has 4 aliphatic carbocycles. The Kier molecular flexibility index (Phi) is 3.20. The molecule has 2 aliphatic heterocycles. The first kappa shape index (κ1) is 17.4. The number of hydrogen-bond donors (Lipinski definition) is 0. The Labute approximate surface area is 165 Å². The molecule has 2 unspecified atom stereocenters. The number of carbonyl (C=O) groups excluding carboxylic acids is 3. The first-order valence-electron chi connectivity index (χ1n) is 10.9. The Morgan fingerprint density at radius 2 is 2.00 bits per heavy atom. The highest BCUT2D eigenvalue weighted by molar-refractivity contribution is 5.92. The molecule has 0 aromatic heterocycles. The molecule has 6 aliphatic rings. The van der Waals surface area contributed by atoms with Crippen LogP contribution in [0.25, 0.3) is 0 Å². The molecule has 0 amide bonds. The van der Waals surface area contributed by atoms with Gasteiger partial charge in [0.05, 0.1) is 6.10 Å². The number of carbonyl (C=O) groups is 3. The Morgan fingerprint density at radius 1 is 1.18 bits per heavy atom. The molecule has 5 nitrogen and oxygen atoms in total. The van der Waals surface area contributed by atoms with E-state index in [1.807, 2.05) is 6.08 Å². The molecule has 28 heavy (non-hydrogen) atoms. The molecule has 8 atom stereocenters. The van der Waals surface area contributed by atoms with Crippen LogP contribution in [-0.2, 0) is 23.9 Å². The van der Waals surface area contributed by atoms with Crippen molar-refractivity contribution in [3.8, 4) is 0 Å². The van der Waals surface area contributed by atoms with Gasteiger partial charge in [0.15, 0.2) is 5.78 Å². The summed E-state index contributed by atoms with van der Waals surface area (Å²) >= 11 is 0. The van der Waals surface area contributed by atoms with Gasteiger partial charge < -0.3 is 9.47 Å². The fourth-order valence-corrected chi connectivity index (χ4v) is 8.25. The minimum absolute atomic E-state index is 0.0658. The predicted octanol–water partition coefficient (Wildman–Crippen LogP) is 3.15. The molecule has 0 aromatic rings. The van der Waals surface area contributed by atoms with E-state index >= 15 is 0 Å². The summed E-state index contributed by atoms with van der Waals surface area (Å²) in [6, 6.07) is 0. The number of ether oxygens (including phenoxy) is 2. The second-order valence-electron chi connectivity index (χ2n) is 10.4. The van der Waals surface area contributed by atoms with Crippen molar-refractivity contribution >= 4 is 17.5 Å². The fourth-order valence-electron chi connectivity index (χ4n) is 8.25. The average molecular weight is 384 g/mol. The van der Waals surface area contributed by atoms with Crippen molar-refractivity contribution in [1.82, 2.24) is 0 Å². The maximum Gasteiger partial charge on any atom is 0.306 e. The summed E-state index contributed by atoms with van der Waals surface area (Å²) in [6.45, 7) is 3.98. The highest BCUT2D eigenvalue weighted by Gasteiger charge is 2.80. The standard InChI is InChI=1S/C23H28O5/c1-12(24)16-10-13-9-14(25)3-6-21(13,2)23-18(27-23)11-17-15(20(16)23)4-7-22(17)8-5-19(26)28-22/h9,15-18,20H,3-8,10-11H2,1-2H3/t15-,16+,17?,18-,20-,21+,22-,23?/m1/s1. The molecule has 6 rings (SSSR count). The molecular weight excluding hydrogens is 356 g/mol. The number of ketones is 2. The number of fused-ring (bicyclic) bond motifs is 4. The van der Waals surface area contributed by atoms with E-state index in [0.717, 1.165) is 37.7 Å². The van der Waals surface area contributed by atoms with Crippen molar-refractivity contribution in [1.29, 1.82) is 0 Å². The van der Waals surface area contributed by atoms with Gasteiger partial charge in [0.25, 0.3) is 0 Å². The molecule has 0 N–H and O–H groups in total. The van der Waals surface area contributed by atoms with E-state index < -0.39 is 0 Å². The van der Waals surface area contributed by atoms with Gasteiger partial charge in [0.1, 0.15) is 17.0 Å². The molecule has 5 heteroatoms. The zero-order valence-corrected chi connectivity index (χ0v) is 16.7. The second kappa shape index (κ2) is 5.16. The van der Waals surface area contributed by atoms with Crippen LogP contribution in [0.5, 0.6) is 0 Å². The van der Waals surface area contributed by atoms with E-state index in [0.29, 0.717) is 31.1 Å². The molecular formula is C23H28O5. The zero-order chi connectivity index (χ0) is 19.5. The third-order valence-electron chi connectivity index (χ3n) is 9.52. The van der Waals surface area contributed by atoms with Gasteiger partial charge in [-0.1, -0.05) is 12.5 Å². The Hall–Kier alpha value is -1.49. The van der Waals surface area contributed by atoms with E-state index in [1.165, 1.54) is 0 Å². The Balaban J connectivity index is 1.45. The minimum Gasteiger partial charge on any atom is -0.459 e. The number of hydrogen-bond acceptors (Lipinski definition) is 5. The molecule has 5 fully saturated rings. The molecule has 2 heterocycles. The van der Waals surface area contributed by atoms with Gasteiger partial charge in [0.2, 0.25) is 0 Å². The van der Waals surface area contributed by atoms with Crippen LogP contribution in [0.3, 0.4) is 0 Å². The summed E-state index contributed by atoms with van der Waals surface area (Å²) in [5, 5.41) is 0. The first-order valence-corrected chi connectivity index (χ1v) is 10.9. The summed E-state index contributed by atoms with van der Waals surface area (Å²) in [6.07, 6.45) is 8.24. The molecule has 2 saturated heterocycles. The lowest BCUT2D eigenvalue weighted by Crippen LogP contribution is -2.60. The number of epoxide rings is 1. The monoisotopic (exact) mass is 384 g/mol. The quantitative estimate of drug-likeness (QED) is 0.513. The van der Waals surface area contributed by atoms with Crippen LogP contribution in [0.2, 0.25) is 0 Å². The lowest BCUT2D eigenvalue weighted by molar-refractivity contribution is -0.154. The fraction of sp³-hybridized carbons (Fsp3) is 0.783. The van der Waals surface area contributed by atoms with E-state index in [2.05, 4.69) is 6.92 Å². The van der Waals surface area contributed by atoms with Gasteiger partial charge in [-0.05, 0) is 57.4 Å². The Morgan fingerprint density at radius 3 is 2.71 bits per heavy atom. The van der Waals surface area contributed by atoms with Crippen LogP contribution in [0, 0.1) is 29.1 Å². The van der Waals surface area contributed by atoms with Gasteiger partial charge >= 0.3 is 5.97 Å². The number of Topliss-reactive ketones (excluding diaryl/α,β-unsaturated/α-hetero) is 1. The van der Waals surface area contributed by atoms with Gasteiger partial charge in [-0.15, -0.1) is 0 Å². The largest absolute Gasteiger partial charge is 0.459 e. The molecule has 150 valence electrons. The summed E-state index contributed by atoms with van der Waals surface area (Å²) in [7, 11) is 0. The maximum atomic E-state index is 12.8. The van der Waals surface area contributed by atoms with Crippen molar-refractivity contribution in [2.24, 2.45) is 29.1 Å². The van der Waals surface area contributed by atoms with Crippen LogP contribution in [-0.4, -0.2) is 34.8 Å². The van der Waals surface area contributed by atoms with Gasteiger partial charge in [-0.2, -0.15) is 0 Å². The highest BCUT2D eigenvalue weighted by Crippen LogP contribution is 2.75. The molecule has 0 radical (unpaired) electrons. The van der Waals surface area contributed by atoms with E-state index in [4.69, 9.17) is 9.47 Å². The highest BCUT2D eigenvalue weighted by atomic mass is 16.6. The van der Waals surface area contributed by atoms with Crippen molar-refractivity contribution in [3.63, 3.8) is 0 Å².